The monoisotopic (exact) mass is 300 g/mol. The van der Waals surface area contributed by atoms with Gasteiger partial charge >= 0.3 is 6.18 Å². The number of rotatable bonds is 0. The predicted molar refractivity (Wildman–Crippen MR) is 83.1 cm³/mol. The van der Waals surface area contributed by atoms with Gasteiger partial charge in [0.2, 0.25) is 0 Å². The Balaban J connectivity index is 2.18. The van der Waals surface area contributed by atoms with Gasteiger partial charge < -0.3 is 0 Å². The van der Waals surface area contributed by atoms with E-state index >= 15 is 0 Å². The topological polar surface area (TPSA) is 0 Å². The molecule has 1 aliphatic carbocycles. The third kappa shape index (κ3) is 1.99. The maximum atomic E-state index is 13.5. The lowest BCUT2D eigenvalue weighted by Gasteiger charge is -2.20. The molecule has 0 heterocycles. The van der Waals surface area contributed by atoms with Crippen LogP contribution in [0.1, 0.15) is 29.5 Å². The van der Waals surface area contributed by atoms with E-state index < -0.39 is 11.7 Å². The van der Waals surface area contributed by atoms with Gasteiger partial charge in [-0.1, -0.05) is 36.4 Å². The molecule has 0 bridgehead atoms. The minimum Gasteiger partial charge on any atom is -0.166 e. The van der Waals surface area contributed by atoms with E-state index in [0.29, 0.717) is 10.8 Å². The van der Waals surface area contributed by atoms with E-state index in [-0.39, 0.29) is 0 Å². The fraction of sp³-hybridized carbons (Fsp3) is 0.263. The third-order valence-corrected chi connectivity index (χ3v) is 4.68. The van der Waals surface area contributed by atoms with Gasteiger partial charge in [0, 0.05) is 0 Å². The smallest absolute Gasteiger partial charge is 0.166 e. The summed E-state index contributed by atoms with van der Waals surface area (Å²) >= 11 is 0. The Morgan fingerprint density at radius 2 is 1.41 bits per heavy atom. The van der Waals surface area contributed by atoms with Crippen LogP contribution in [0.2, 0.25) is 0 Å². The second kappa shape index (κ2) is 4.73. The zero-order chi connectivity index (χ0) is 15.3. The van der Waals surface area contributed by atoms with Gasteiger partial charge in [-0.2, -0.15) is 13.2 Å². The minimum atomic E-state index is -4.33. The van der Waals surface area contributed by atoms with Gasteiger partial charge in [0.25, 0.3) is 0 Å². The molecule has 3 aromatic carbocycles. The molecule has 3 aromatic rings. The summed E-state index contributed by atoms with van der Waals surface area (Å²) in [5, 5.41) is 2.70. The fourth-order valence-corrected chi connectivity index (χ4v) is 3.67. The number of halogens is 3. The largest absolute Gasteiger partial charge is 0.417 e. The number of benzene rings is 3. The summed E-state index contributed by atoms with van der Waals surface area (Å²) in [4.78, 5) is 0. The molecule has 0 saturated heterocycles. The Hall–Kier alpha value is -2.03. The Morgan fingerprint density at radius 1 is 0.727 bits per heavy atom. The number of alkyl halides is 3. The van der Waals surface area contributed by atoms with Crippen LogP contribution in [0.3, 0.4) is 0 Å². The molecule has 0 saturated carbocycles. The molecule has 0 N–H and O–H groups in total. The van der Waals surface area contributed by atoms with Gasteiger partial charge in [0.15, 0.2) is 0 Å². The summed E-state index contributed by atoms with van der Waals surface area (Å²) in [5.41, 5.74) is 1.80. The molecular weight excluding hydrogens is 285 g/mol. The van der Waals surface area contributed by atoms with E-state index in [1.54, 1.807) is 24.3 Å². The molecule has 1 aliphatic rings. The van der Waals surface area contributed by atoms with Crippen molar-refractivity contribution in [2.24, 2.45) is 0 Å². The third-order valence-electron chi connectivity index (χ3n) is 4.68. The Morgan fingerprint density at radius 3 is 2.18 bits per heavy atom. The second-order valence-electron chi connectivity index (χ2n) is 5.97. The summed E-state index contributed by atoms with van der Waals surface area (Å²) in [6, 6.07) is 12.3. The molecular formula is C19H15F3. The van der Waals surface area contributed by atoms with Crippen molar-refractivity contribution >= 4 is 21.5 Å². The Labute approximate surface area is 126 Å². The lowest BCUT2D eigenvalue weighted by atomic mass is 9.85. The molecule has 0 nitrogen and oxygen atoms in total. The van der Waals surface area contributed by atoms with Gasteiger partial charge in [0.1, 0.15) is 0 Å². The first kappa shape index (κ1) is 13.6. The van der Waals surface area contributed by atoms with Crippen molar-refractivity contribution in [3.63, 3.8) is 0 Å². The highest BCUT2D eigenvalue weighted by Crippen LogP contribution is 2.41. The first-order valence-electron chi connectivity index (χ1n) is 7.59. The first-order valence-corrected chi connectivity index (χ1v) is 7.59. The van der Waals surface area contributed by atoms with Crippen molar-refractivity contribution in [1.82, 2.24) is 0 Å². The molecule has 0 radical (unpaired) electrons. The van der Waals surface area contributed by atoms with Crippen LogP contribution in [0.15, 0.2) is 42.5 Å². The Bertz CT molecular complexity index is 875. The van der Waals surface area contributed by atoms with Gasteiger partial charge in [-0.3, -0.25) is 0 Å². The van der Waals surface area contributed by atoms with Crippen LogP contribution < -0.4 is 0 Å². The first-order chi connectivity index (χ1) is 10.6. The lowest BCUT2D eigenvalue weighted by molar-refractivity contribution is -0.136. The average Bonchev–Trinajstić information content (AvgIpc) is 2.52. The van der Waals surface area contributed by atoms with Crippen molar-refractivity contribution in [2.75, 3.05) is 0 Å². The van der Waals surface area contributed by atoms with Crippen molar-refractivity contribution in [1.29, 1.82) is 0 Å². The minimum absolute atomic E-state index is 0.290. The highest BCUT2D eigenvalue weighted by molar-refractivity contribution is 6.10. The van der Waals surface area contributed by atoms with Crippen LogP contribution >= 0.6 is 0 Å². The van der Waals surface area contributed by atoms with E-state index in [4.69, 9.17) is 0 Å². The maximum Gasteiger partial charge on any atom is 0.417 e. The van der Waals surface area contributed by atoms with Gasteiger partial charge in [0.05, 0.1) is 5.56 Å². The van der Waals surface area contributed by atoms with E-state index in [0.717, 1.165) is 42.0 Å². The second-order valence-corrected chi connectivity index (χ2v) is 5.97. The van der Waals surface area contributed by atoms with Crippen LogP contribution in [-0.4, -0.2) is 0 Å². The number of aryl methyl sites for hydroxylation is 2. The zero-order valence-corrected chi connectivity index (χ0v) is 12.0. The molecule has 0 aromatic heterocycles. The van der Waals surface area contributed by atoms with Crippen molar-refractivity contribution in [2.45, 2.75) is 31.9 Å². The number of hydrogen-bond donors (Lipinski definition) is 0. The highest BCUT2D eigenvalue weighted by atomic mass is 19.4. The maximum absolute atomic E-state index is 13.5. The highest BCUT2D eigenvalue weighted by Gasteiger charge is 2.33. The molecule has 0 amide bonds. The molecule has 112 valence electrons. The van der Waals surface area contributed by atoms with E-state index in [1.165, 1.54) is 11.6 Å². The molecule has 0 unspecified atom stereocenters. The molecule has 0 atom stereocenters. The lowest BCUT2D eigenvalue weighted by Crippen LogP contribution is -2.08. The van der Waals surface area contributed by atoms with E-state index in [1.807, 2.05) is 6.07 Å². The predicted octanol–water partition coefficient (Wildman–Crippen LogP) is 5.89. The summed E-state index contributed by atoms with van der Waals surface area (Å²) in [5.74, 6) is 0. The zero-order valence-electron chi connectivity index (χ0n) is 12.0. The van der Waals surface area contributed by atoms with Crippen LogP contribution in [0.25, 0.3) is 21.5 Å². The summed E-state index contributed by atoms with van der Waals surface area (Å²) in [6.07, 6.45) is -0.300. The quantitative estimate of drug-likeness (QED) is 0.454. The van der Waals surface area contributed by atoms with E-state index in [2.05, 4.69) is 6.07 Å². The van der Waals surface area contributed by atoms with Gasteiger partial charge in [-0.25, -0.2) is 0 Å². The standard InChI is InChI=1S/C19H15F3/c20-19(21,22)18-11-17-13-6-2-1-5-12(13)9-10-15(17)14-7-3-4-8-16(14)18/h3-4,7-11H,1-2,5-6H2. The van der Waals surface area contributed by atoms with Crippen LogP contribution in [0, 0.1) is 0 Å². The van der Waals surface area contributed by atoms with Gasteiger partial charge in [-0.05, 0) is 64.4 Å². The summed E-state index contributed by atoms with van der Waals surface area (Å²) in [7, 11) is 0. The average molecular weight is 300 g/mol. The SMILES string of the molecule is FC(F)(F)c1cc2c3c(ccc2c2ccccc12)CCCC3. The van der Waals surface area contributed by atoms with Crippen molar-refractivity contribution in [3.05, 3.63) is 59.2 Å². The van der Waals surface area contributed by atoms with Crippen molar-refractivity contribution in [3.8, 4) is 0 Å². The summed E-state index contributed by atoms with van der Waals surface area (Å²) < 4.78 is 40.4. The Kier molecular flexibility index (Phi) is 2.93. The van der Waals surface area contributed by atoms with Crippen LogP contribution in [0.4, 0.5) is 13.2 Å². The van der Waals surface area contributed by atoms with Crippen molar-refractivity contribution < 1.29 is 13.2 Å². The molecule has 0 fully saturated rings. The molecule has 22 heavy (non-hydrogen) atoms. The molecule has 0 spiro atoms. The van der Waals surface area contributed by atoms with Crippen LogP contribution in [0.5, 0.6) is 0 Å². The van der Waals surface area contributed by atoms with Gasteiger partial charge in [-0.15, -0.1) is 0 Å². The van der Waals surface area contributed by atoms with Crippen LogP contribution in [-0.2, 0) is 19.0 Å². The normalized spacial score (nSPS) is 15.2. The summed E-state index contributed by atoms with van der Waals surface area (Å²) in [6.45, 7) is 0. The number of hydrogen-bond acceptors (Lipinski definition) is 0. The molecule has 0 aliphatic heterocycles. The molecule has 3 heteroatoms. The fourth-order valence-electron chi connectivity index (χ4n) is 3.67. The van der Waals surface area contributed by atoms with E-state index in [9.17, 15) is 13.2 Å². The molecule has 4 rings (SSSR count). The number of fused-ring (bicyclic) bond motifs is 5.